The number of methoxy groups -OCH3 is 1. The van der Waals surface area contributed by atoms with Crippen molar-refractivity contribution in [2.45, 2.75) is 51.1 Å². The van der Waals surface area contributed by atoms with E-state index in [0.29, 0.717) is 12.3 Å². The molecular formula is C14H24N2O5. The van der Waals surface area contributed by atoms with Gasteiger partial charge in [0.1, 0.15) is 6.04 Å². The van der Waals surface area contributed by atoms with Crippen LogP contribution in [-0.2, 0) is 19.1 Å². The van der Waals surface area contributed by atoms with Crippen LogP contribution in [0.15, 0.2) is 0 Å². The molecule has 1 saturated heterocycles. The second kappa shape index (κ2) is 8.61. The molecular weight excluding hydrogens is 276 g/mol. The molecule has 0 radical (unpaired) electrons. The smallest absolute Gasteiger partial charge is 0.326 e. The van der Waals surface area contributed by atoms with E-state index >= 15 is 0 Å². The molecule has 0 aromatic carbocycles. The van der Waals surface area contributed by atoms with Crippen molar-refractivity contribution >= 4 is 17.8 Å². The third-order valence-corrected chi connectivity index (χ3v) is 3.89. The van der Waals surface area contributed by atoms with E-state index in [0.717, 1.165) is 19.4 Å². The second-order valence-corrected chi connectivity index (χ2v) is 5.32. The molecule has 21 heavy (non-hydrogen) atoms. The number of carboxylic acid groups (broad SMARTS) is 1. The van der Waals surface area contributed by atoms with Crippen LogP contribution in [0.2, 0.25) is 0 Å². The number of piperidine rings is 1. The van der Waals surface area contributed by atoms with Crippen LogP contribution >= 0.6 is 0 Å². The molecule has 0 aromatic rings. The van der Waals surface area contributed by atoms with Gasteiger partial charge < -0.3 is 20.5 Å². The first-order valence-corrected chi connectivity index (χ1v) is 7.31. The fourth-order valence-electron chi connectivity index (χ4n) is 2.46. The highest BCUT2D eigenvalue weighted by Gasteiger charge is 2.29. The SMILES string of the molecule is CCC1CCNC(C(=O)NC(CCC(=O)OC)C(=O)O)C1. The van der Waals surface area contributed by atoms with Gasteiger partial charge in [-0.15, -0.1) is 0 Å². The maximum Gasteiger partial charge on any atom is 0.326 e. The van der Waals surface area contributed by atoms with Gasteiger partial charge in [0.15, 0.2) is 0 Å². The highest BCUT2D eigenvalue weighted by Crippen LogP contribution is 2.19. The van der Waals surface area contributed by atoms with Crippen LogP contribution in [-0.4, -0.2) is 48.7 Å². The van der Waals surface area contributed by atoms with E-state index in [1.165, 1.54) is 7.11 Å². The summed E-state index contributed by atoms with van der Waals surface area (Å²) in [5, 5.41) is 14.7. The molecule has 1 fully saturated rings. The van der Waals surface area contributed by atoms with E-state index in [9.17, 15) is 14.4 Å². The molecule has 1 aliphatic rings. The Balaban J connectivity index is 2.51. The molecule has 1 amide bonds. The Kier molecular flexibility index (Phi) is 7.14. The highest BCUT2D eigenvalue weighted by atomic mass is 16.5. The minimum absolute atomic E-state index is 0.0255. The molecule has 1 aliphatic heterocycles. The Morgan fingerprint density at radius 2 is 2.14 bits per heavy atom. The lowest BCUT2D eigenvalue weighted by molar-refractivity contribution is -0.144. The third-order valence-electron chi connectivity index (χ3n) is 3.89. The molecule has 0 saturated carbocycles. The van der Waals surface area contributed by atoms with Crippen molar-refractivity contribution in [2.24, 2.45) is 5.92 Å². The summed E-state index contributed by atoms with van der Waals surface area (Å²) in [6, 6.07) is -1.43. The number of esters is 1. The monoisotopic (exact) mass is 300 g/mol. The van der Waals surface area contributed by atoms with Crippen LogP contribution in [0.5, 0.6) is 0 Å². The fraction of sp³-hybridized carbons (Fsp3) is 0.786. The van der Waals surface area contributed by atoms with Gasteiger partial charge in [-0.3, -0.25) is 9.59 Å². The zero-order chi connectivity index (χ0) is 15.8. The fourth-order valence-corrected chi connectivity index (χ4v) is 2.46. The molecule has 1 rings (SSSR count). The first-order valence-electron chi connectivity index (χ1n) is 7.31. The van der Waals surface area contributed by atoms with Crippen molar-refractivity contribution in [1.29, 1.82) is 0 Å². The summed E-state index contributed by atoms with van der Waals surface area (Å²) in [7, 11) is 1.24. The Morgan fingerprint density at radius 1 is 1.43 bits per heavy atom. The first-order chi connectivity index (χ1) is 9.97. The second-order valence-electron chi connectivity index (χ2n) is 5.32. The predicted molar refractivity (Wildman–Crippen MR) is 75.6 cm³/mol. The molecule has 7 nitrogen and oxygen atoms in total. The zero-order valence-corrected chi connectivity index (χ0v) is 12.6. The lowest BCUT2D eigenvalue weighted by Gasteiger charge is -2.29. The van der Waals surface area contributed by atoms with E-state index in [2.05, 4.69) is 22.3 Å². The number of hydrogen-bond donors (Lipinski definition) is 3. The van der Waals surface area contributed by atoms with Crippen LogP contribution in [0.3, 0.4) is 0 Å². The Labute approximate surface area is 124 Å². The minimum Gasteiger partial charge on any atom is -0.480 e. The van der Waals surface area contributed by atoms with Crippen LogP contribution in [0.1, 0.15) is 39.0 Å². The molecule has 3 unspecified atom stereocenters. The van der Waals surface area contributed by atoms with Crippen molar-refractivity contribution in [2.75, 3.05) is 13.7 Å². The lowest BCUT2D eigenvalue weighted by atomic mass is 9.90. The van der Waals surface area contributed by atoms with Crippen molar-refractivity contribution in [3.8, 4) is 0 Å². The van der Waals surface area contributed by atoms with E-state index in [4.69, 9.17) is 5.11 Å². The summed E-state index contributed by atoms with van der Waals surface area (Å²) < 4.78 is 4.47. The van der Waals surface area contributed by atoms with E-state index < -0.39 is 18.0 Å². The molecule has 120 valence electrons. The number of amides is 1. The highest BCUT2D eigenvalue weighted by molar-refractivity contribution is 5.87. The Morgan fingerprint density at radius 3 is 2.71 bits per heavy atom. The first kappa shape index (κ1) is 17.4. The number of carboxylic acids is 1. The average Bonchev–Trinajstić information content (AvgIpc) is 2.50. The molecule has 0 spiro atoms. The van der Waals surface area contributed by atoms with Gasteiger partial charge in [0, 0.05) is 6.42 Å². The minimum atomic E-state index is -1.14. The number of carbonyl (C=O) groups is 3. The van der Waals surface area contributed by atoms with Crippen LogP contribution < -0.4 is 10.6 Å². The number of aliphatic carboxylic acids is 1. The standard InChI is InChI=1S/C14H24N2O5/c1-3-9-6-7-15-11(8-9)13(18)16-10(14(19)20)4-5-12(17)21-2/h9-11,15H,3-8H2,1-2H3,(H,16,18)(H,19,20). The maximum atomic E-state index is 12.1. The molecule has 3 atom stereocenters. The van der Waals surface area contributed by atoms with Crippen LogP contribution in [0, 0.1) is 5.92 Å². The largest absolute Gasteiger partial charge is 0.480 e. The number of nitrogens with one attached hydrogen (secondary N) is 2. The number of ether oxygens (including phenoxy) is 1. The number of carbonyl (C=O) groups excluding carboxylic acids is 2. The number of rotatable bonds is 7. The zero-order valence-electron chi connectivity index (χ0n) is 12.6. The predicted octanol–water partition coefficient (Wildman–Crippen LogP) is 0.287. The summed E-state index contributed by atoms with van der Waals surface area (Å²) in [5.74, 6) is -1.46. The van der Waals surface area contributed by atoms with Gasteiger partial charge in [-0.2, -0.15) is 0 Å². The van der Waals surface area contributed by atoms with Crippen LogP contribution in [0.4, 0.5) is 0 Å². The molecule has 3 N–H and O–H groups in total. The molecule has 0 aliphatic carbocycles. The van der Waals surface area contributed by atoms with Crippen molar-refractivity contribution in [3.05, 3.63) is 0 Å². The maximum absolute atomic E-state index is 12.1. The van der Waals surface area contributed by atoms with Crippen molar-refractivity contribution in [1.82, 2.24) is 10.6 Å². The van der Waals surface area contributed by atoms with E-state index in [1.54, 1.807) is 0 Å². The van der Waals surface area contributed by atoms with Gasteiger partial charge in [-0.25, -0.2) is 4.79 Å². The lowest BCUT2D eigenvalue weighted by Crippen LogP contribution is -2.52. The Bertz CT molecular complexity index is 386. The summed E-state index contributed by atoms with van der Waals surface area (Å²) in [6.07, 6.45) is 2.74. The summed E-state index contributed by atoms with van der Waals surface area (Å²) in [6.45, 7) is 2.85. The van der Waals surface area contributed by atoms with Crippen LogP contribution in [0.25, 0.3) is 0 Å². The van der Waals surface area contributed by atoms with E-state index in [-0.39, 0.29) is 24.8 Å². The van der Waals surface area contributed by atoms with Crippen molar-refractivity contribution in [3.63, 3.8) is 0 Å². The summed E-state index contributed by atoms with van der Waals surface area (Å²) in [5.41, 5.74) is 0. The molecule has 7 heteroatoms. The quantitative estimate of drug-likeness (QED) is 0.584. The normalized spacial score (nSPS) is 23.1. The molecule has 0 aromatic heterocycles. The third kappa shape index (κ3) is 5.71. The van der Waals surface area contributed by atoms with Gasteiger partial charge in [0.25, 0.3) is 0 Å². The van der Waals surface area contributed by atoms with Gasteiger partial charge >= 0.3 is 11.9 Å². The Hall–Kier alpha value is -1.63. The number of hydrogen-bond acceptors (Lipinski definition) is 5. The van der Waals surface area contributed by atoms with E-state index in [1.807, 2.05) is 0 Å². The van der Waals surface area contributed by atoms with Gasteiger partial charge in [-0.1, -0.05) is 13.3 Å². The molecule has 0 bridgehead atoms. The van der Waals surface area contributed by atoms with Gasteiger partial charge in [0.05, 0.1) is 13.2 Å². The summed E-state index contributed by atoms with van der Waals surface area (Å²) in [4.78, 5) is 34.4. The average molecular weight is 300 g/mol. The van der Waals surface area contributed by atoms with Gasteiger partial charge in [-0.05, 0) is 31.7 Å². The summed E-state index contributed by atoms with van der Waals surface area (Å²) >= 11 is 0. The van der Waals surface area contributed by atoms with Crippen molar-refractivity contribution < 1.29 is 24.2 Å². The topological polar surface area (TPSA) is 105 Å². The molecule has 1 heterocycles. The van der Waals surface area contributed by atoms with Gasteiger partial charge in [0.2, 0.25) is 5.91 Å².